The fourth-order valence-corrected chi connectivity index (χ4v) is 4.87. The third kappa shape index (κ3) is 15.2. The molecule has 0 fully saturated rings. The van der Waals surface area contributed by atoms with Crippen LogP contribution in [0.3, 0.4) is 0 Å². The smallest absolute Gasteiger partial charge is 0.305 e. The van der Waals surface area contributed by atoms with Gasteiger partial charge in [0.05, 0.1) is 33.4 Å². The van der Waals surface area contributed by atoms with Gasteiger partial charge >= 0.3 is 5.97 Å². The molecule has 2 rings (SSSR count). The lowest BCUT2D eigenvalue weighted by Crippen LogP contribution is -2.39. The quantitative estimate of drug-likeness (QED) is 0.0932. The van der Waals surface area contributed by atoms with Gasteiger partial charge in [-0.1, -0.05) is 94.3 Å². The lowest BCUT2D eigenvalue weighted by molar-refractivity contribution is -0.903. The standard InChI is InChI=1S/C34H54NO3/c1-5-6-7-8-9-10-11-13-18-31-22-24-33(25-23-31)38-30(2)26-28-37-34(36)21-16-17-27-35(3,4)29-32-19-14-12-15-20-32/h12,14-15,19-20,22-25,30H,5-11,13,16-18,21,26-29H2,1-4H3/q+1. The molecule has 4 heteroatoms. The Bertz CT molecular complexity index is 863. The van der Waals surface area contributed by atoms with E-state index in [1.165, 1.54) is 62.5 Å². The van der Waals surface area contributed by atoms with Crippen LogP contribution in [0.25, 0.3) is 0 Å². The van der Waals surface area contributed by atoms with E-state index >= 15 is 0 Å². The number of rotatable bonds is 21. The van der Waals surface area contributed by atoms with Crippen molar-refractivity contribution in [3.63, 3.8) is 0 Å². The summed E-state index contributed by atoms with van der Waals surface area (Å²) in [5.41, 5.74) is 2.73. The summed E-state index contributed by atoms with van der Waals surface area (Å²) < 4.78 is 12.4. The minimum absolute atomic E-state index is 0.0115. The van der Waals surface area contributed by atoms with E-state index in [0.29, 0.717) is 19.4 Å². The third-order valence-corrected chi connectivity index (χ3v) is 7.21. The molecule has 1 unspecified atom stereocenters. The number of carbonyl (C=O) groups is 1. The molecule has 0 aliphatic rings. The van der Waals surface area contributed by atoms with Crippen LogP contribution in [-0.2, 0) is 22.5 Å². The summed E-state index contributed by atoms with van der Waals surface area (Å²) in [4.78, 5) is 12.2. The van der Waals surface area contributed by atoms with E-state index in [9.17, 15) is 4.79 Å². The Balaban J connectivity index is 1.50. The van der Waals surface area contributed by atoms with Crippen LogP contribution in [0.5, 0.6) is 5.75 Å². The highest BCUT2D eigenvalue weighted by molar-refractivity contribution is 5.69. The summed E-state index contributed by atoms with van der Waals surface area (Å²) >= 11 is 0. The zero-order valence-electron chi connectivity index (χ0n) is 24.8. The van der Waals surface area contributed by atoms with Gasteiger partial charge in [-0.05, 0) is 50.3 Å². The summed E-state index contributed by atoms with van der Waals surface area (Å²) in [5.74, 6) is 0.788. The predicted octanol–water partition coefficient (Wildman–Crippen LogP) is 8.52. The molecule has 4 nitrogen and oxygen atoms in total. The fourth-order valence-electron chi connectivity index (χ4n) is 4.87. The first-order valence-corrected chi connectivity index (χ1v) is 15.1. The normalized spacial score (nSPS) is 12.3. The molecule has 2 aromatic carbocycles. The number of ether oxygens (including phenoxy) is 2. The molecule has 0 radical (unpaired) electrons. The van der Waals surface area contributed by atoms with Gasteiger partial charge in [-0.25, -0.2) is 0 Å². The lowest BCUT2D eigenvalue weighted by atomic mass is 10.0. The third-order valence-electron chi connectivity index (χ3n) is 7.21. The first-order valence-electron chi connectivity index (χ1n) is 15.1. The average molecular weight is 525 g/mol. The lowest BCUT2D eigenvalue weighted by Gasteiger charge is -2.30. The summed E-state index contributed by atoms with van der Waals surface area (Å²) in [6.45, 7) is 6.77. The number of quaternary nitrogens is 1. The van der Waals surface area contributed by atoms with E-state index in [1.807, 2.05) is 6.92 Å². The van der Waals surface area contributed by atoms with E-state index in [-0.39, 0.29) is 12.1 Å². The Kier molecular flexibility index (Phi) is 15.8. The largest absolute Gasteiger partial charge is 0.491 e. The van der Waals surface area contributed by atoms with E-state index < -0.39 is 0 Å². The molecule has 0 aromatic heterocycles. The summed E-state index contributed by atoms with van der Waals surface area (Å²) in [6, 6.07) is 19.1. The first-order chi connectivity index (χ1) is 18.4. The minimum Gasteiger partial charge on any atom is -0.491 e. The maximum Gasteiger partial charge on any atom is 0.305 e. The van der Waals surface area contributed by atoms with Gasteiger partial charge in [-0.2, -0.15) is 0 Å². The van der Waals surface area contributed by atoms with Gasteiger partial charge in [0.25, 0.3) is 0 Å². The molecule has 0 saturated carbocycles. The number of aryl methyl sites for hydroxylation is 1. The average Bonchev–Trinajstić information content (AvgIpc) is 2.89. The highest BCUT2D eigenvalue weighted by Crippen LogP contribution is 2.18. The maximum absolute atomic E-state index is 12.2. The van der Waals surface area contributed by atoms with Gasteiger partial charge in [-0.3, -0.25) is 4.79 Å². The number of carbonyl (C=O) groups excluding carboxylic acids is 1. The van der Waals surface area contributed by atoms with Crippen LogP contribution in [0.4, 0.5) is 0 Å². The zero-order valence-corrected chi connectivity index (χ0v) is 24.8. The summed E-state index contributed by atoms with van der Waals surface area (Å²) in [7, 11) is 4.50. The molecule has 0 bridgehead atoms. The molecule has 0 saturated heterocycles. The van der Waals surface area contributed by atoms with Gasteiger partial charge in [-0.15, -0.1) is 0 Å². The molecule has 0 aliphatic heterocycles. The molecule has 212 valence electrons. The number of benzene rings is 2. The van der Waals surface area contributed by atoms with E-state index in [0.717, 1.165) is 42.6 Å². The topological polar surface area (TPSA) is 35.5 Å². The molecule has 0 aliphatic carbocycles. The number of esters is 1. The molecule has 0 N–H and O–H groups in total. The number of nitrogens with zero attached hydrogens (tertiary/aromatic N) is 1. The van der Waals surface area contributed by atoms with Crippen molar-refractivity contribution in [1.29, 1.82) is 0 Å². The van der Waals surface area contributed by atoms with Crippen molar-refractivity contribution in [1.82, 2.24) is 0 Å². The molecule has 0 amide bonds. The molecular formula is C34H54NO3+. The Morgan fingerprint density at radius 2 is 1.45 bits per heavy atom. The van der Waals surface area contributed by atoms with Gasteiger partial charge in [0, 0.05) is 18.4 Å². The SMILES string of the molecule is CCCCCCCCCCc1ccc(OC(C)CCOC(=O)CCCC[N+](C)(C)Cc2ccccc2)cc1. The Morgan fingerprint density at radius 3 is 2.13 bits per heavy atom. The van der Waals surface area contributed by atoms with Gasteiger partial charge in [0.15, 0.2) is 0 Å². The van der Waals surface area contributed by atoms with Crippen LogP contribution in [0.15, 0.2) is 54.6 Å². The Morgan fingerprint density at radius 1 is 0.789 bits per heavy atom. The van der Waals surface area contributed by atoms with Crippen molar-refractivity contribution >= 4 is 5.97 Å². The summed E-state index contributed by atoms with van der Waals surface area (Å²) in [5, 5.41) is 0. The highest BCUT2D eigenvalue weighted by Gasteiger charge is 2.16. The Hall–Kier alpha value is -2.33. The number of hydrogen-bond donors (Lipinski definition) is 0. The van der Waals surface area contributed by atoms with Crippen LogP contribution in [-0.4, -0.2) is 43.8 Å². The van der Waals surface area contributed by atoms with Crippen LogP contribution in [0.1, 0.15) is 102 Å². The second-order valence-corrected chi connectivity index (χ2v) is 11.6. The van der Waals surface area contributed by atoms with Crippen molar-refractivity contribution in [2.75, 3.05) is 27.2 Å². The zero-order chi connectivity index (χ0) is 27.5. The first kappa shape index (κ1) is 31.9. The van der Waals surface area contributed by atoms with Crippen LogP contribution in [0.2, 0.25) is 0 Å². The van der Waals surface area contributed by atoms with Gasteiger partial charge < -0.3 is 14.0 Å². The predicted molar refractivity (Wildman–Crippen MR) is 159 cm³/mol. The molecule has 38 heavy (non-hydrogen) atoms. The van der Waals surface area contributed by atoms with Gasteiger partial charge in [0.2, 0.25) is 0 Å². The van der Waals surface area contributed by atoms with Crippen molar-refractivity contribution in [3.8, 4) is 5.75 Å². The van der Waals surface area contributed by atoms with Crippen LogP contribution in [0, 0.1) is 0 Å². The van der Waals surface area contributed by atoms with Crippen molar-refractivity contribution in [2.45, 2.75) is 110 Å². The van der Waals surface area contributed by atoms with Gasteiger partial charge in [0.1, 0.15) is 12.3 Å². The summed E-state index contributed by atoms with van der Waals surface area (Å²) in [6.07, 6.45) is 15.1. The second-order valence-electron chi connectivity index (χ2n) is 11.6. The molecule has 2 aromatic rings. The molecule has 0 heterocycles. The van der Waals surface area contributed by atoms with Crippen LogP contribution >= 0.6 is 0 Å². The van der Waals surface area contributed by atoms with Crippen molar-refractivity contribution < 1.29 is 18.8 Å². The molecule has 0 spiro atoms. The van der Waals surface area contributed by atoms with E-state index in [1.54, 1.807) is 0 Å². The monoisotopic (exact) mass is 524 g/mol. The minimum atomic E-state index is -0.101. The fraction of sp³-hybridized carbons (Fsp3) is 0.618. The van der Waals surface area contributed by atoms with E-state index in [2.05, 4.69) is 75.6 Å². The number of hydrogen-bond acceptors (Lipinski definition) is 3. The van der Waals surface area contributed by atoms with Crippen molar-refractivity contribution in [2.24, 2.45) is 0 Å². The van der Waals surface area contributed by atoms with Crippen molar-refractivity contribution in [3.05, 3.63) is 65.7 Å². The van der Waals surface area contributed by atoms with Crippen LogP contribution < -0.4 is 4.74 Å². The van der Waals surface area contributed by atoms with E-state index in [4.69, 9.17) is 9.47 Å². The molecule has 1 atom stereocenters. The maximum atomic E-state index is 12.2. The second kappa shape index (κ2) is 18.8. The molecular weight excluding hydrogens is 470 g/mol. The highest BCUT2D eigenvalue weighted by atomic mass is 16.5. The number of unbranched alkanes of at least 4 members (excludes halogenated alkanes) is 8. The Labute approximate surface area is 233 Å².